The van der Waals surface area contributed by atoms with E-state index in [4.69, 9.17) is 11.6 Å². The van der Waals surface area contributed by atoms with Crippen LogP contribution < -0.4 is 5.69 Å². The monoisotopic (exact) mass is 382 g/mol. The van der Waals surface area contributed by atoms with Crippen LogP contribution >= 0.6 is 11.6 Å². The van der Waals surface area contributed by atoms with Crippen molar-refractivity contribution in [2.24, 2.45) is 0 Å². The SMILES string of the molecule is O=C(O)N(Cc1ccccc1)Cn1c(=O)[nH]c2c(Cl)nc3ccccc3c21. The molecule has 27 heavy (non-hydrogen) atoms. The van der Waals surface area contributed by atoms with Crippen LogP contribution in [0.2, 0.25) is 5.15 Å². The maximum Gasteiger partial charge on any atom is 0.409 e. The first kappa shape index (κ1) is 17.1. The van der Waals surface area contributed by atoms with Gasteiger partial charge in [0.2, 0.25) is 0 Å². The van der Waals surface area contributed by atoms with Crippen molar-refractivity contribution in [3.05, 3.63) is 75.8 Å². The van der Waals surface area contributed by atoms with E-state index in [0.717, 1.165) is 10.9 Å². The zero-order valence-electron chi connectivity index (χ0n) is 14.1. The predicted molar refractivity (Wildman–Crippen MR) is 103 cm³/mol. The Labute approximate surface area is 158 Å². The van der Waals surface area contributed by atoms with Crippen molar-refractivity contribution in [2.45, 2.75) is 13.2 Å². The number of pyridine rings is 1. The lowest BCUT2D eigenvalue weighted by molar-refractivity contribution is 0.127. The van der Waals surface area contributed by atoms with Crippen molar-refractivity contribution in [2.75, 3.05) is 0 Å². The number of rotatable bonds is 4. The van der Waals surface area contributed by atoms with Gasteiger partial charge in [-0.1, -0.05) is 60.1 Å². The van der Waals surface area contributed by atoms with E-state index in [-0.39, 0.29) is 18.4 Å². The Morgan fingerprint density at radius 1 is 1.15 bits per heavy atom. The summed E-state index contributed by atoms with van der Waals surface area (Å²) in [5, 5.41) is 10.5. The number of amides is 1. The number of H-pyrrole nitrogens is 1. The number of carbonyl (C=O) groups is 1. The molecule has 2 aromatic carbocycles. The number of benzene rings is 2. The molecule has 0 unspecified atom stereocenters. The van der Waals surface area contributed by atoms with E-state index in [1.807, 2.05) is 48.5 Å². The van der Waals surface area contributed by atoms with Gasteiger partial charge in [-0.05, 0) is 11.6 Å². The summed E-state index contributed by atoms with van der Waals surface area (Å²) in [4.78, 5) is 32.5. The Bertz CT molecular complexity index is 1200. The molecule has 4 rings (SSSR count). The minimum absolute atomic E-state index is 0.132. The lowest BCUT2D eigenvalue weighted by Crippen LogP contribution is -2.34. The van der Waals surface area contributed by atoms with E-state index in [0.29, 0.717) is 16.6 Å². The van der Waals surface area contributed by atoms with Crippen molar-refractivity contribution < 1.29 is 9.90 Å². The smallest absolute Gasteiger partial charge is 0.409 e. The molecule has 0 aliphatic carbocycles. The molecule has 0 aliphatic rings. The molecule has 4 aromatic rings. The highest BCUT2D eigenvalue weighted by Crippen LogP contribution is 2.27. The highest BCUT2D eigenvalue weighted by molar-refractivity contribution is 6.35. The summed E-state index contributed by atoms with van der Waals surface area (Å²) in [5.41, 5.74) is 1.95. The molecule has 2 aromatic heterocycles. The van der Waals surface area contributed by atoms with E-state index in [2.05, 4.69) is 9.97 Å². The number of nitrogens with one attached hydrogen (secondary N) is 1. The minimum Gasteiger partial charge on any atom is -0.465 e. The fourth-order valence-electron chi connectivity index (χ4n) is 3.12. The summed E-state index contributed by atoms with van der Waals surface area (Å²) in [6.45, 7) is 0.0272. The Morgan fingerprint density at radius 2 is 1.85 bits per heavy atom. The van der Waals surface area contributed by atoms with E-state index in [9.17, 15) is 14.7 Å². The van der Waals surface area contributed by atoms with Crippen molar-refractivity contribution in [1.29, 1.82) is 0 Å². The molecule has 0 bridgehead atoms. The van der Waals surface area contributed by atoms with E-state index in [1.165, 1.54) is 9.47 Å². The fraction of sp³-hybridized carbons (Fsp3) is 0.105. The minimum atomic E-state index is -1.12. The maximum absolute atomic E-state index is 12.5. The number of para-hydroxylation sites is 1. The molecule has 1 amide bonds. The molecule has 0 saturated carbocycles. The average Bonchev–Trinajstić information content (AvgIpc) is 2.99. The topological polar surface area (TPSA) is 91.2 Å². The number of imidazole rings is 1. The molecule has 8 heteroatoms. The number of hydrogen-bond acceptors (Lipinski definition) is 3. The first-order valence-electron chi connectivity index (χ1n) is 8.23. The second-order valence-corrected chi connectivity index (χ2v) is 6.47. The first-order valence-corrected chi connectivity index (χ1v) is 8.61. The summed E-state index contributed by atoms with van der Waals surface area (Å²) >= 11 is 6.23. The van der Waals surface area contributed by atoms with Crippen LogP contribution in [0.1, 0.15) is 5.56 Å². The van der Waals surface area contributed by atoms with Gasteiger partial charge in [-0.25, -0.2) is 14.6 Å². The molecule has 2 N–H and O–H groups in total. The molecule has 0 spiro atoms. The molecule has 0 fully saturated rings. The molecular formula is C19H15ClN4O3. The predicted octanol–water partition coefficient (Wildman–Crippen LogP) is 3.67. The van der Waals surface area contributed by atoms with Crippen LogP contribution in [-0.2, 0) is 13.2 Å². The number of aromatic nitrogens is 3. The summed E-state index contributed by atoms with van der Waals surface area (Å²) in [7, 11) is 0. The third kappa shape index (κ3) is 3.13. The summed E-state index contributed by atoms with van der Waals surface area (Å²) in [6, 6.07) is 16.5. The number of aromatic amines is 1. The molecular weight excluding hydrogens is 368 g/mol. The number of carboxylic acid groups (broad SMARTS) is 1. The number of fused-ring (bicyclic) bond motifs is 3. The Morgan fingerprint density at radius 3 is 2.59 bits per heavy atom. The van der Waals surface area contributed by atoms with Crippen LogP contribution in [0.15, 0.2) is 59.4 Å². The van der Waals surface area contributed by atoms with Crippen LogP contribution in [0.5, 0.6) is 0 Å². The van der Waals surface area contributed by atoms with Gasteiger partial charge in [-0.15, -0.1) is 0 Å². The number of halogens is 1. The van der Waals surface area contributed by atoms with Gasteiger partial charge < -0.3 is 10.1 Å². The Hall–Kier alpha value is -3.32. The molecule has 0 atom stereocenters. The van der Waals surface area contributed by atoms with Gasteiger partial charge in [0.1, 0.15) is 12.2 Å². The van der Waals surface area contributed by atoms with Gasteiger partial charge in [0.25, 0.3) is 0 Å². The van der Waals surface area contributed by atoms with Crippen molar-refractivity contribution in [3.8, 4) is 0 Å². The standard InChI is InChI=1S/C19H15ClN4O3/c20-17-15-16(13-8-4-5-9-14(13)21-17)24(18(25)22-15)11-23(19(26)27)10-12-6-2-1-3-7-12/h1-9H,10-11H2,(H,22,25)(H,26,27). The molecule has 2 heterocycles. The van der Waals surface area contributed by atoms with Crippen LogP contribution in [0, 0.1) is 0 Å². The van der Waals surface area contributed by atoms with Crippen molar-refractivity contribution in [3.63, 3.8) is 0 Å². The second-order valence-electron chi connectivity index (χ2n) is 6.11. The third-order valence-corrected chi connectivity index (χ3v) is 4.64. The van der Waals surface area contributed by atoms with Crippen LogP contribution in [-0.4, -0.2) is 30.6 Å². The largest absolute Gasteiger partial charge is 0.465 e. The molecule has 7 nitrogen and oxygen atoms in total. The highest BCUT2D eigenvalue weighted by atomic mass is 35.5. The maximum atomic E-state index is 12.5. The fourth-order valence-corrected chi connectivity index (χ4v) is 3.35. The molecule has 0 radical (unpaired) electrons. The number of nitrogens with zero attached hydrogens (tertiary/aromatic N) is 3. The van der Waals surface area contributed by atoms with Crippen LogP contribution in [0.25, 0.3) is 21.9 Å². The van der Waals surface area contributed by atoms with Gasteiger partial charge in [-0.2, -0.15) is 0 Å². The van der Waals surface area contributed by atoms with Crippen LogP contribution in [0.3, 0.4) is 0 Å². The van der Waals surface area contributed by atoms with E-state index >= 15 is 0 Å². The van der Waals surface area contributed by atoms with Gasteiger partial charge in [0, 0.05) is 5.39 Å². The summed E-state index contributed by atoms with van der Waals surface area (Å²) in [5.74, 6) is 0. The summed E-state index contributed by atoms with van der Waals surface area (Å²) in [6.07, 6.45) is -1.12. The van der Waals surface area contributed by atoms with Gasteiger partial charge in [0.15, 0.2) is 5.15 Å². The van der Waals surface area contributed by atoms with E-state index in [1.54, 1.807) is 6.07 Å². The lowest BCUT2D eigenvalue weighted by atomic mass is 10.2. The van der Waals surface area contributed by atoms with E-state index < -0.39 is 11.8 Å². The second kappa shape index (κ2) is 6.77. The normalized spacial score (nSPS) is 11.1. The highest BCUT2D eigenvalue weighted by Gasteiger charge is 2.19. The van der Waals surface area contributed by atoms with Crippen molar-refractivity contribution >= 4 is 39.6 Å². The lowest BCUT2D eigenvalue weighted by Gasteiger charge is -2.20. The van der Waals surface area contributed by atoms with Gasteiger partial charge >= 0.3 is 11.8 Å². The van der Waals surface area contributed by atoms with Crippen molar-refractivity contribution in [1.82, 2.24) is 19.4 Å². The quantitative estimate of drug-likeness (QED) is 0.527. The molecule has 0 aliphatic heterocycles. The third-order valence-electron chi connectivity index (χ3n) is 4.37. The number of hydrogen-bond donors (Lipinski definition) is 2. The molecule has 136 valence electrons. The van der Waals surface area contributed by atoms with Gasteiger partial charge in [-0.3, -0.25) is 9.47 Å². The Kier molecular flexibility index (Phi) is 4.29. The zero-order chi connectivity index (χ0) is 19.0. The average molecular weight is 383 g/mol. The first-order chi connectivity index (χ1) is 13.0. The van der Waals surface area contributed by atoms with Crippen LogP contribution in [0.4, 0.5) is 4.79 Å². The van der Waals surface area contributed by atoms with Gasteiger partial charge in [0.05, 0.1) is 17.6 Å². The Balaban J connectivity index is 1.84. The zero-order valence-corrected chi connectivity index (χ0v) is 14.8. The summed E-state index contributed by atoms with van der Waals surface area (Å²) < 4.78 is 1.38. The molecule has 0 saturated heterocycles.